The van der Waals surface area contributed by atoms with Crippen LogP contribution in [0.4, 0.5) is 0 Å². The van der Waals surface area contributed by atoms with Crippen LogP contribution in [-0.2, 0) is 6.42 Å². The number of nitrogens with one attached hydrogen (secondary N) is 1. The summed E-state index contributed by atoms with van der Waals surface area (Å²) in [5.41, 5.74) is 2.51. The Morgan fingerprint density at radius 2 is 2.15 bits per heavy atom. The molecule has 1 unspecified atom stereocenters. The minimum absolute atomic E-state index is 0.351. The van der Waals surface area contributed by atoms with Gasteiger partial charge in [0.1, 0.15) is 0 Å². The van der Waals surface area contributed by atoms with E-state index in [1.54, 1.807) is 11.3 Å². The lowest BCUT2D eigenvalue weighted by Crippen LogP contribution is -2.24. The number of aryl methyl sites for hydroxylation is 1. The summed E-state index contributed by atoms with van der Waals surface area (Å²) in [7, 11) is 0. The van der Waals surface area contributed by atoms with Crippen molar-refractivity contribution in [2.75, 3.05) is 12.8 Å². The first-order valence-corrected chi connectivity index (χ1v) is 9.12. The summed E-state index contributed by atoms with van der Waals surface area (Å²) in [4.78, 5) is 5.97. The molecule has 0 radical (unpaired) electrons. The Morgan fingerprint density at radius 3 is 2.80 bits per heavy atom. The molecule has 0 bridgehead atoms. The highest BCUT2D eigenvalue weighted by molar-refractivity contribution is 7.98. The Morgan fingerprint density at radius 1 is 1.35 bits per heavy atom. The van der Waals surface area contributed by atoms with Crippen LogP contribution in [0.1, 0.15) is 35.7 Å². The number of aromatic nitrogens is 1. The molecule has 1 heterocycles. The molecule has 0 spiro atoms. The molecule has 1 N–H and O–H groups in total. The number of rotatable bonds is 7. The smallest absolute Gasteiger partial charge is 0.0947 e. The van der Waals surface area contributed by atoms with Crippen LogP contribution in [0.3, 0.4) is 0 Å². The summed E-state index contributed by atoms with van der Waals surface area (Å²) >= 11 is 3.58. The van der Waals surface area contributed by atoms with Crippen molar-refractivity contribution >= 4 is 23.1 Å². The summed E-state index contributed by atoms with van der Waals surface area (Å²) < 4.78 is 0. The third-order valence-electron chi connectivity index (χ3n) is 3.20. The van der Waals surface area contributed by atoms with Crippen molar-refractivity contribution in [2.24, 2.45) is 0 Å². The van der Waals surface area contributed by atoms with Gasteiger partial charge in [-0.25, -0.2) is 4.98 Å². The number of benzene rings is 1. The molecular weight excluding hydrogens is 284 g/mol. The number of thioether (sulfide) groups is 1. The van der Waals surface area contributed by atoms with Gasteiger partial charge in [0, 0.05) is 28.4 Å². The molecule has 1 atom stereocenters. The number of hydrogen-bond acceptors (Lipinski definition) is 4. The van der Waals surface area contributed by atoms with Crippen LogP contribution >= 0.6 is 23.1 Å². The van der Waals surface area contributed by atoms with Crippen LogP contribution in [0, 0.1) is 6.92 Å². The van der Waals surface area contributed by atoms with Crippen LogP contribution in [0.2, 0.25) is 0 Å². The summed E-state index contributed by atoms with van der Waals surface area (Å²) in [6, 6.07) is 9.03. The second-order valence-electron chi connectivity index (χ2n) is 4.84. The van der Waals surface area contributed by atoms with Crippen molar-refractivity contribution in [2.45, 2.75) is 37.6 Å². The molecule has 0 aliphatic heterocycles. The van der Waals surface area contributed by atoms with Gasteiger partial charge in [-0.15, -0.1) is 23.1 Å². The molecular formula is C16H22N2S2. The molecule has 0 saturated carbocycles. The fourth-order valence-corrected chi connectivity index (χ4v) is 3.72. The highest BCUT2D eigenvalue weighted by atomic mass is 32.2. The van der Waals surface area contributed by atoms with E-state index in [1.165, 1.54) is 15.5 Å². The van der Waals surface area contributed by atoms with Crippen molar-refractivity contribution in [3.05, 3.63) is 45.9 Å². The molecule has 2 nitrogen and oxygen atoms in total. The average Bonchev–Trinajstić information content (AvgIpc) is 2.88. The summed E-state index contributed by atoms with van der Waals surface area (Å²) in [6.45, 7) is 5.31. The van der Waals surface area contributed by atoms with Gasteiger partial charge in [0.2, 0.25) is 0 Å². The van der Waals surface area contributed by atoms with Crippen LogP contribution in [-0.4, -0.2) is 17.8 Å². The first-order valence-electron chi connectivity index (χ1n) is 7.02. The Bertz CT molecular complexity index is 537. The summed E-state index contributed by atoms with van der Waals surface area (Å²) in [5.74, 6) is 0. The maximum atomic E-state index is 4.61. The number of nitrogens with zero attached hydrogens (tertiary/aromatic N) is 1. The Hall–Kier alpha value is -0.840. The lowest BCUT2D eigenvalue weighted by Gasteiger charge is -2.20. The summed E-state index contributed by atoms with van der Waals surface area (Å²) in [5, 5.41) is 7.02. The molecule has 0 aliphatic rings. The highest BCUT2D eigenvalue weighted by Crippen LogP contribution is 2.28. The second kappa shape index (κ2) is 7.81. The van der Waals surface area contributed by atoms with E-state index in [9.17, 15) is 0 Å². The molecule has 1 aromatic heterocycles. The minimum atomic E-state index is 0.351. The fraction of sp³-hybridized carbons (Fsp3) is 0.438. The van der Waals surface area contributed by atoms with Crippen molar-refractivity contribution in [1.82, 2.24) is 10.3 Å². The summed E-state index contributed by atoms with van der Waals surface area (Å²) in [6.07, 6.45) is 4.26. The van der Waals surface area contributed by atoms with Crippen molar-refractivity contribution < 1.29 is 0 Å². The molecule has 0 saturated heterocycles. The Balaban J connectivity index is 2.22. The van der Waals surface area contributed by atoms with E-state index in [0.29, 0.717) is 6.04 Å². The van der Waals surface area contributed by atoms with Crippen molar-refractivity contribution in [1.29, 1.82) is 0 Å². The average molecular weight is 307 g/mol. The van der Waals surface area contributed by atoms with Crippen LogP contribution < -0.4 is 5.32 Å². The lowest BCUT2D eigenvalue weighted by molar-refractivity contribution is 0.521. The first kappa shape index (κ1) is 15.5. The molecule has 4 heteroatoms. The molecule has 20 heavy (non-hydrogen) atoms. The van der Waals surface area contributed by atoms with E-state index in [2.05, 4.69) is 60.0 Å². The van der Waals surface area contributed by atoms with Gasteiger partial charge in [0.25, 0.3) is 0 Å². The zero-order valence-corrected chi connectivity index (χ0v) is 14.0. The van der Waals surface area contributed by atoms with E-state index >= 15 is 0 Å². The molecule has 0 amide bonds. The van der Waals surface area contributed by atoms with Gasteiger partial charge in [-0.2, -0.15) is 0 Å². The van der Waals surface area contributed by atoms with Gasteiger partial charge in [-0.1, -0.05) is 25.1 Å². The van der Waals surface area contributed by atoms with Gasteiger partial charge in [0.05, 0.1) is 5.01 Å². The zero-order chi connectivity index (χ0) is 14.4. The van der Waals surface area contributed by atoms with Gasteiger partial charge in [-0.3, -0.25) is 0 Å². The Kier molecular flexibility index (Phi) is 6.07. The maximum absolute atomic E-state index is 4.61. The number of hydrogen-bond donors (Lipinski definition) is 1. The topological polar surface area (TPSA) is 24.9 Å². The van der Waals surface area contributed by atoms with E-state index in [1.807, 2.05) is 11.8 Å². The van der Waals surface area contributed by atoms with Gasteiger partial charge in [0.15, 0.2) is 0 Å². The fourth-order valence-electron chi connectivity index (χ4n) is 2.24. The van der Waals surface area contributed by atoms with Gasteiger partial charge >= 0.3 is 0 Å². The third-order valence-corrected chi connectivity index (χ3v) is 5.00. The van der Waals surface area contributed by atoms with E-state index in [4.69, 9.17) is 0 Å². The van der Waals surface area contributed by atoms with Crippen molar-refractivity contribution in [3.8, 4) is 0 Å². The third kappa shape index (κ3) is 4.08. The van der Waals surface area contributed by atoms with Crippen LogP contribution in [0.25, 0.3) is 0 Å². The molecule has 0 aliphatic carbocycles. The monoisotopic (exact) mass is 306 g/mol. The van der Waals surface area contributed by atoms with E-state index in [0.717, 1.165) is 25.1 Å². The predicted octanol–water partition coefficient (Wildman–Crippen LogP) is 4.46. The normalized spacial score (nSPS) is 12.6. The standard InChI is InChI=1S/C16H22N2S2/c1-4-9-17-14(10-16-18-12(2)11-20-16)13-7-5-6-8-15(13)19-3/h5-8,11,14,17H,4,9-10H2,1-3H3. The van der Waals surface area contributed by atoms with Crippen LogP contribution in [0.15, 0.2) is 34.5 Å². The minimum Gasteiger partial charge on any atom is -0.310 e. The first-order chi connectivity index (χ1) is 9.74. The van der Waals surface area contributed by atoms with Gasteiger partial charge < -0.3 is 5.32 Å². The predicted molar refractivity (Wildman–Crippen MR) is 89.8 cm³/mol. The SMILES string of the molecule is CCCNC(Cc1nc(C)cs1)c1ccccc1SC. The molecule has 108 valence electrons. The lowest BCUT2D eigenvalue weighted by atomic mass is 10.0. The van der Waals surface area contributed by atoms with Gasteiger partial charge in [-0.05, 0) is 37.8 Å². The molecule has 1 aromatic carbocycles. The molecule has 0 fully saturated rings. The van der Waals surface area contributed by atoms with Crippen molar-refractivity contribution in [3.63, 3.8) is 0 Å². The quantitative estimate of drug-likeness (QED) is 0.765. The maximum Gasteiger partial charge on any atom is 0.0947 e. The van der Waals surface area contributed by atoms with E-state index < -0.39 is 0 Å². The van der Waals surface area contributed by atoms with Crippen LogP contribution in [0.5, 0.6) is 0 Å². The molecule has 2 aromatic rings. The Labute approximate surface area is 130 Å². The second-order valence-corrected chi connectivity index (χ2v) is 6.63. The van der Waals surface area contributed by atoms with E-state index in [-0.39, 0.29) is 0 Å². The molecule has 2 rings (SSSR count). The number of thiazole rings is 1. The highest BCUT2D eigenvalue weighted by Gasteiger charge is 2.16. The zero-order valence-electron chi connectivity index (χ0n) is 12.3. The largest absolute Gasteiger partial charge is 0.310 e.